The number of allylic oxidation sites excluding steroid dienone is 2. The molecule has 60 valence electrons. The lowest BCUT2D eigenvalue weighted by molar-refractivity contribution is 0.0550. The first-order valence-electron chi connectivity index (χ1n) is 3.41. The molecule has 0 amide bonds. The van der Waals surface area contributed by atoms with Crippen LogP contribution in [0.3, 0.4) is 0 Å². The first-order valence-corrected chi connectivity index (χ1v) is 3.41. The van der Waals surface area contributed by atoms with Crippen LogP contribution >= 0.6 is 0 Å². The second-order valence-corrected chi connectivity index (χ2v) is 2.44. The summed E-state index contributed by atoms with van der Waals surface area (Å²) in [5.41, 5.74) is 4.43. The molecule has 1 rings (SSSR count). The zero-order valence-electron chi connectivity index (χ0n) is 6.20. The Balaban J connectivity index is 2.76. The average Bonchev–Trinajstić information content (AvgIpc) is 1.96. The Morgan fingerprint density at radius 1 is 1.64 bits per heavy atom. The first-order chi connectivity index (χ1) is 5.19. The highest BCUT2D eigenvalue weighted by Crippen LogP contribution is 2.12. The Morgan fingerprint density at radius 2 is 2.36 bits per heavy atom. The third kappa shape index (κ3) is 1.50. The highest BCUT2D eigenvalue weighted by molar-refractivity contribution is 5.23. The van der Waals surface area contributed by atoms with Gasteiger partial charge in [-0.05, 0) is 12.3 Å². The van der Waals surface area contributed by atoms with E-state index in [9.17, 15) is 5.11 Å². The molecule has 0 aromatic carbocycles. The van der Waals surface area contributed by atoms with Crippen molar-refractivity contribution in [2.75, 3.05) is 0 Å². The predicted octanol–water partition coefficient (Wildman–Crippen LogP) is -0.139. The zero-order valence-corrected chi connectivity index (χ0v) is 6.20. The van der Waals surface area contributed by atoms with Crippen LogP contribution in [0.4, 0.5) is 0 Å². The fourth-order valence-electron chi connectivity index (χ4n) is 0.952. The second-order valence-electron chi connectivity index (χ2n) is 2.44. The van der Waals surface area contributed by atoms with E-state index in [1.165, 1.54) is 6.20 Å². The first kappa shape index (κ1) is 8.04. The van der Waals surface area contributed by atoms with Crippen LogP contribution in [0, 0.1) is 0 Å². The van der Waals surface area contributed by atoms with E-state index in [1.54, 1.807) is 24.3 Å². The molecule has 0 unspecified atom stereocenters. The number of aliphatic hydroxyl groups is 1. The molecule has 11 heavy (non-hydrogen) atoms. The molecule has 3 nitrogen and oxygen atoms in total. The highest BCUT2D eigenvalue weighted by atomic mass is 16.3. The number of hydrogen-bond donors (Lipinski definition) is 3. The fourth-order valence-corrected chi connectivity index (χ4v) is 0.952. The maximum Gasteiger partial charge on any atom is 0.173 e. The van der Waals surface area contributed by atoms with Crippen LogP contribution < -0.4 is 11.1 Å². The number of nitrogens with one attached hydrogen (secondary N) is 1. The van der Waals surface area contributed by atoms with Gasteiger partial charge in [-0.3, -0.25) is 0 Å². The van der Waals surface area contributed by atoms with Crippen LogP contribution in [-0.2, 0) is 0 Å². The molecule has 2 atom stereocenters. The number of rotatable bonds is 2. The van der Waals surface area contributed by atoms with Gasteiger partial charge in [-0.15, -0.1) is 0 Å². The van der Waals surface area contributed by atoms with Crippen molar-refractivity contribution < 1.29 is 5.11 Å². The molecule has 0 heterocycles. The molecule has 0 aliphatic heterocycles. The Labute approximate surface area is 65.9 Å². The average molecular weight is 152 g/mol. The predicted molar refractivity (Wildman–Crippen MR) is 44.5 cm³/mol. The molecule has 1 aliphatic rings. The van der Waals surface area contributed by atoms with E-state index in [0.29, 0.717) is 0 Å². The molecule has 0 fully saturated rings. The minimum atomic E-state index is -1.17. The van der Waals surface area contributed by atoms with Crippen molar-refractivity contribution in [1.29, 1.82) is 0 Å². The van der Waals surface area contributed by atoms with Crippen molar-refractivity contribution in [3.8, 4) is 0 Å². The third-order valence-electron chi connectivity index (χ3n) is 1.62. The quantitative estimate of drug-likeness (QED) is 0.483. The third-order valence-corrected chi connectivity index (χ3v) is 1.62. The van der Waals surface area contributed by atoms with Gasteiger partial charge in [0, 0.05) is 0 Å². The van der Waals surface area contributed by atoms with E-state index in [4.69, 9.17) is 5.73 Å². The molecular weight excluding hydrogens is 140 g/mol. The molecule has 0 aromatic rings. The standard InChI is InChI=1S/C8H12N2O/c1-2-10-8(11)6-4-3-5-7(8)9/h2-7,10-11H,1,9H2/t7-,8+/m0/s1. The zero-order chi connectivity index (χ0) is 8.32. The van der Waals surface area contributed by atoms with Crippen molar-refractivity contribution in [2.24, 2.45) is 5.73 Å². The Bertz CT molecular complexity index is 210. The Morgan fingerprint density at radius 3 is 2.91 bits per heavy atom. The van der Waals surface area contributed by atoms with Crippen molar-refractivity contribution >= 4 is 0 Å². The topological polar surface area (TPSA) is 58.3 Å². The van der Waals surface area contributed by atoms with Crippen LogP contribution in [0.25, 0.3) is 0 Å². The molecule has 0 spiro atoms. The highest BCUT2D eigenvalue weighted by Gasteiger charge is 2.29. The summed E-state index contributed by atoms with van der Waals surface area (Å²) in [6.45, 7) is 3.45. The second kappa shape index (κ2) is 2.90. The summed E-state index contributed by atoms with van der Waals surface area (Å²) in [6, 6.07) is -0.425. The Kier molecular flexibility index (Phi) is 2.12. The van der Waals surface area contributed by atoms with E-state index in [-0.39, 0.29) is 0 Å². The SMILES string of the molecule is C=CN[C@@]1(O)C=CC=C[C@@H]1N. The summed E-state index contributed by atoms with van der Waals surface area (Å²) in [5.74, 6) is 0. The van der Waals surface area contributed by atoms with Gasteiger partial charge in [0.15, 0.2) is 5.72 Å². The van der Waals surface area contributed by atoms with Gasteiger partial charge in [0.2, 0.25) is 0 Å². The normalized spacial score (nSPS) is 35.3. The minimum Gasteiger partial charge on any atom is -0.366 e. The van der Waals surface area contributed by atoms with Gasteiger partial charge < -0.3 is 16.2 Å². The van der Waals surface area contributed by atoms with Crippen molar-refractivity contribution in [1.82, 2.24) is 5.32 Å². The summed E-state index contributed by atoms with van der Waals surface area (Å²) in [7, 11) is 0. The molecular formula is C8H12N2O. The molecule has 4 N–H and O–H groups in total. The number of nitrogens with two attached hydrogens (primary N) is 1. The van der Waals surface area contributed by atoms with E-state index in [2.05, 4.69) is 11.9 Å². The van der Waals surface area contributed by atoms with Gasteiger partial charge in [0.1, 0.15) is 0 Å². The summed E-state index contributed by atoms with van der Waals surface area (Å²) in [5, 5.41) is 12.4. The van der Waals surface area contributed by atoms with Crippen LogP contribution in [-0.4, -0.2) is 16.9 Å². The molecule has 0 saturated carbocycles. The largest absolute Gasteiger partial charge is 0.366 e. The molecule has 3 heteroatoms. The van der Waals surface area contributed by atoms with Crippen LogP contribution in [0.2, 0.25) is 0 Å². The van der Waals surface area contributed by atoms with Crippen LogP contribution in [0.1, 0.15) is 0 Å². The summed E-state index contributed by atoms with van der Waals surface area (Å²) < 4.78 is 0. The van der Waals surface area contributed by atoms with E-state index >= 15 is 0 Å². The lowest BCUT2D eigenvalue weighted by Gasteiger charge is -2.30. The Hall–Kier alpha value is -1.06. The van der Waals surface area contributed by atoms with Gasteiger partial charge >= 0.3 is 0 Å². The molecule has 0 bridgehead atoms. The molecule has 0 aromatic heterocycles. The minimum absolute atomic E-state index is 0.425. The van der Waals surface area contributed by atoms with Gasteiger partial charge in [-0.25, -0.2) is 0 Å². The molecule has 0 saturated heterocycles. The van der Waals surface area contributed by atoms with Crippen molar-refractivity contribution in [2.45, 2.75) is 11.8 Å². The fraction of sp³-hybridized carbons (Fsp3) is 0.250. The summed E-state index contributed by atoms with van der Waals surface area (Å²) in [6.07, 6.45) is 8.27. The van der Waals surface area contributed by atoms with E-state index < -0.39 is 11.8 Å². The van der Waals surface area contributed by atoms with Crippen molar-refractivity contribution in [3.63, 3.8) is 0 Å². The van der Waals surface area contributed by atoms with Gasteiger partial charge in [0.25, 0.3) is 0 Å². The number of hydrogen-bond acceptors (Lipinski definition) is 3. The summed E-state index contributed by atoms with van der Waals surface area (Å²) in [4.78, 5) is 0. The van der Waals surface area contributed by atoms with Crippen LogP contribution in [0.15, 0.2) is 37.1 Å². The van der Waals surface area contributed by atoms with Gasteiger partial charge in [-0.1, -0.05) is 24.8 Å². The van der Waals surface area contributed by atoms with Gasteiger partial charge in [-0.2, -0.15) is 0 Å². The lowest BCUT2D eigenvalue weighted by atomic mass is 10.00. The van der Waals surface area contributed by atoms with Crippen LogP contribution in [0.5, 0.6) is 0 Å². The molecule has 0 radical (unpaired) electrons. The van der Waals surface area contributed by atoms with Crippen molar-refractivity contribution in [3.05, 3.63) is 37.1 Å². The monoisotopic (exact) mass is 152 g/mol. The van der Waals surface area contributed by atoms with E-state index in [0.717, 1.165) is 0 Å². The van der Waals surface area contributed by atoms with Gasteiger partial charge in [0.05, 0.1) is 6.04 Å². The molecule has 1 aliphatic carbocycles. The maximum atomic E-state index is 9.69. The van der Waals surface area contributed by atoms with E-state index in [1.807, 2.05) is 0 Å². The summed E-state index contributed by atoms with van der Waals surface area (Å²) >= 11 is 0. The smallest absolute Gasteiger partial charge is 0.173 e. The maximum absolute atomic E-state index is 9.69. The lowest BCUT2D eigenvalue weighted by Crippen LogP contribution is -2.54.